The summed E-state index contributed by atoms with van der Waals surface area (Å²) in [5.74, 6) is 0. The van der Waals surface area contributed by atoms with Crippen molar-refractivity contribution < 1.29 is 9.66 Å². The maximum absolute atomic E-state index is 10.8. The van der Waals surface area contributed by atoms with E-state index in [1.165, 1.54) is 22.5 Å². The molecule has 2 heterocycles. The summed E-state index contributed by atoms with van der Waals surface area (Å²) in [6.45, 7) is 4.41. The Bertz CT molecular complexity index is 693. The molecule has 0 bridgehead atoms. The number of anilines is 1. The van der Waals surface area contributed by atoms with Crippen LogP contribution >= 0.6 is 11.3 Å². The number of thiophene rings is 1. The topological polar surface area (TPSA) is 64.4 Å². The SMILES string of the molecule is Cc1ccccc1C1(CNc2ccc([N+](=O)[O-])s2)CCOCC1. The van der Waals surface area contributed by atoms with Crippen molar-refractivity contribution in [2.75, 3.05) is 25.1 Å². The number of benzene rings is 1. The van der Waals surface area contributed by atoms with Crippen LogP contribution in [0.3, 0.4) is 0 Å². The Hall–Kier alpha value is -1.92. The second kappa shape index (κ2) is 6.68. The van der Waals surface area contributed by atoms with Crippen LogP contribution in [0, 0.1) is 17.0 Å². The molecule has 1 aromatic carbocycles. The first-order valence-electron chi connectivity index (χ1n) is 7.73. The van der Waals surface area contributed by atoms with E-state index in [1.54, 1.807) is 12.1 Å². The molecule has 2 aromatic rings. The standard InChI is InChI=1S/C17H20N2O3S/c1-13-4-2-3-5-14(13)17(8-10-22-11-9-17)12-18-15-6-7-16(23-15)19(20)21/h2-7,18H,8-12H2,1H3. The van der Waals surface area contributed by atoms with E-state index in [1.807, 2.05) is 0 Å². The lowest BCUT2D eigenvalue weighted by Crippen LogP contribution is -2.40. The van der Waals surface area contributed by atoms with Crippen LogP contribution in [0.25, 0.3) is 0 Å². The molecule has 0 atom stereocenters. The summed E-state index contributed by atoms with van der Waals surface area (Å²) in [5.41, 5.74) is 2.65. The number of nitro groups is 1. The van der Waals surface area contributed by atoms with Crippen molar-refractivity contribution in [3.8, 4) is 0 Å². The van der Waals surface area contributed by atoms with E-state index < -0.39 is 0 Å². The van der Waals surface area contributed by atoms with Gasteiger partial charge in [0.15, 0.2) is 0 Å². The maximum atomic E-state index is 10.8. The Labute approximate surface area is 139 Å². The van der Waals surface area contributed by atoms with Crippen LogP contribution < -0.4 is 5.32 Å². The van der Waals surface area contributed by atoms with E-state index in [0.717, 1.165) is 37.6 Å². The molecule has 122 valence electrons. The molecule has 1 aromatic heterocycles. The predicted octanol–water partition coefficient (Wildman–Crippen LogP) is 4.13. The van der Waals surface area contributed by atoms with Gasteiger partial charge in [-0.2, -0.15) is 0 Å². The fourth-order valence-corrected chi connectivity index (χ4v) is 3.96. The van der Waals surface area contributed by atoms with Crippen molar-refractivity contribution in [1.29, 1.82) is 0 Å². The fraction of sp³-hybridized carbons (Fsp3) is 0.412. The largest absolute Gasteiger partial charge is 0.381 e. The minimum Gasteiger partial charge on any atom is -0.381 e. The number of hydrogen-bond acceptors (Lipinski definition) is 5. The quantitative estimate of drug-likeness (QED) is 0.660. The first-order chi connectivity index (χ1) is 11.1. The van der Waals surface area contributed by atoms with Gasteiger partial charge in [0.05, 0.1) is 9.92 Å². The predicted molar refractivity (Wildman–Crippen MR) is 92.4 cm³/mol. The number of ether oxygens (including phenoxy) is 1. The highest BCUT2D eigenvalue weighted by Crippen LogP contribution is 2.38. The molecule has 3 rings (SSSR count). The van der Waals surface area contributed by atoms with E-state index in [4.69, 9.17) is 4.74 Å². The third kappa shape index (κ3) is 3.38. The van der Waals surface area contributed by atoms with E-state index in [-0.39, 0.29) is 15.3 Å². The van der Waals surface area contributed by atoms with Gasteiger partial charge < -0.3 is 10.1 Å². The first kappa shape index (κ1) is 16.0. The zero-order chi connectivity index (χ0) is 16.3. The third-order valence-electron chi connectivity index (χ3n) is 4.54. The molecule has 0 radical (unpaired) electrons. The molecule has 0 aliphatic carbocycles. The van der Waals surface area contributed by atoms with E-state index in [0.29, 0.717) is 0 Å². The Morgan fingerprint density at radius 3 is 2.65 bits per heavy atom. The number of nitrogens with zero attached hydrogens (tertiary/aromatic N) is 1. The van der Waals surface area contributed by atoms with E-state index >= 15 is 0 Å². The van der Waals surface area contributed by atoms with Gasteiger partial charge in [-0.1, -0.05) is 24.3 Å². The summed E-state index contributed by atoms with van der Waals surface area (Å²) in [6.07, 6.45) is 1.91. The Morgan fingerprint density at radius 2 is 2.00 bits per heavy atom. The Balaban J connectivity index is 1.82. The van der Waals surface area contributed by atoms with Gasteiger partial charge in [0.25, 0.3) is 0 Å². The summed E-state index contributed by atoms with van der Waals surface area (Å²) in [6, 6.07) is 11.8. The number of hydrogen-bond donors (Lipinski definition) is 1. The molecule has 1 N–H and O–H groups in total. The van der Waals surface area contributed by atoms with Crippen molar-refractivity contribution in [3.05, 3.63) is 57.6 Å². The Kier molecular flexibility index (Phi) is 4.63. The van der Waals surface area contributed by atoms with Gasteiger partial charge in [-0.15, -0.1) is 0 Å². The average molecular weight is 332 g/mol. The smallest absolute Gasteiger partial charge is 0.326 e. The van der Waals surface area contributed by atoms with Crippen LogP contribution in [0.5, 0.6) is 0 Å². The highest BCUT2D eigenvalue weighted by atomic mass is 32.1. The number of aryl methyl sites for hydroxylation is 1. The average Bonchev–Trinajstić information content (AvgIpc) is 3.04. The first-order valence-corrected chi connectivity index (χ1v) is 8.54. The van der Waals surface area contributed by atoms with E-state index in [2.05, 4.69) is 36.5 Å². The lowest BCUT2D eigenvalue weighted by Gasteiger charge is -2.39. The maximum Gasteiger partial charge on any atom is 0.326 e. The molecule has 23 heavy (non-hydrogen) atoms. The van der Waals surface area contributed by atoms with Crippen LogP contribution in [0.2, 0.25) is 0 Å². The molecule has 1 aliphatic rings. The molecule has 1 saturated heterocycles. The van der Waals surface area contributed by atoms with Gasteiger partial charge in [0.1, 0.15) is 0 Å². The monoisotopic (exact) mass is 332 g/mol. The van der Waals surface area contributed by atoms with Gasteiger partial charge in [-0.3, -0.25) is 10.1 Å². The van der Waals surface area contributed by atoms with Crippen molar-refractivity contribution in [2.45, 2.75) is 25.2 Å². The van der Waals surface area contributed by atoms with Crippen LogP contribution in [-0.4, -0.2) is 24.7 Å². The van der Waals surface area contributed by atoms with Crippen molar-refractivity contribution in [3.63, 3.8) is 0 Å². The number of rotatable bonds is 5. The highest BCUT2D eigenvalue weighted by molar-refractivity contribution is 7.19. The summed E-state index contributed by atoms with van der Waals surface area (Å²) >= 11 is 1.19. The normalized spacial score (nSPS) is 16.9. The van der Waals surface area contributed by atoms with Crippen molar-refractivity contribution in [1.82, 2.24) is 0 Å². The molecule has 1 fully saturated rings. The molecular weight excluding hydrogens is 312 g/mol. The molecule has 5 nitrogen and oxygen atoms in total. The van der Waals surface area contributed by atoms with Gasteiger partial charge >= 0.3 is 5.00 Å². The second-order valence-electron chi connectivity index (χ2n) is 5.96. The van der Waals surface area contributed by atoms with E-state index in [9.17, 15) is 10.1 Å². The van der Waals surface area contributed by atoms with Crippen LogP contribution in [0.1, 0.15) is 24.0 Å². The summed E-state index contributed by atoms with van der Waals surface area (Å²) < 4.78 is 5.56. The van der Waals surface area contributed by atoms with Gasteiger partial charge in [-0.05, 0) is 48.3 Å². The van der Waals surface area contributed by atoms with Crippen LogP contribution in [-0.2, 0) is 10.2 Å². The minimum absolute atomic E-state index is 0.0162. The van der Waals surface area contributed by atoms with Crippen molar-refractivity contribution >= 4 is 21.3 Å². The van der Waals surface area contributed by atoms with Crippen LogP contribution in [0.4, 0.5) is 10.0 Å². The Morgan fingerprint density at radius 1 is 1.26 bits per heavy atom. The summed E-state index contributed by atoms with van der Waals surface area (Å²) in [7, 11) is 0. The molecule has 0 spiro atoms. The summed E-state index contributed by atoms with van der Waals surface area (Å²) in [5, 5.41) is 15.3. The molecule has 0 saturated carbocycles. The lowest BCUT2D eigenvalue weighted by atomic mass is 9.72. The highest BCUT2D eigenvalue weighted by Gasteiger charge is 2.35. The molecular formula is C17H20N2O3S. The molecule has 0 unspecified atom stereocenters. The van der Waals surface area contributed by atoms with Gasteiger partial charge in [0, 0.05) is 31.2 Å². The second-order valence-corrected chi connectivity index (χ2v) is 7.02. The van der Waals surface area contributed by atoms with Crippen molar-refractivity contribution in [2.24, 2.45) is 0 Å². The lowest BCUT2D eigenvalue weighted by molar-refractivity contribution is -0.380. The number of nitrogens with one attached hydrogen (secondary N) is 1. The zero-order valence-corrected chi connectivity index (χ0v) is 13.9. The minimum atomic E-state index is -0.346. The molecule has 0 amide bonds. The van der Waals surface area contributed by atoms with Gasteiger partial charge in [0.2, 0.25) is 0 Å². The molecule has 6 heteroatoms. The van der Waals surface area contributed by atoms with Gasteiger partial charge in [-0.25, -0.2) is 0 Å². The molecule has 1 aliphatic heterocycles. The fourth-order valence-electron chi connectivity index (χ4n) is 3.25. The third-order valence-corrected chi connectivity index (χ3v) is 5.53. The van der Waals surface area contributed by atoms with Crippen LogP contribution in [0.15, 0.2) is 36.4 Å². The zero-order valence-electron chi connectivity index (χ0n) is 13.1. The summed E-state index contributed by atoms with van der Waals surface area (Å²) in [4.78, 5) is 10.5.